The lowest BCUT2D eigenvalue weighted by atomic mass is 9.98. The smallest absolute Gasteiger partial charge is 0.295 e. The molecule has 7 heteroatoms. The van der Waals surface area contributed by atoms with Gasteiger partial charge >= 0.3 is 0 Å². The van der Waals surface area contributed by atoms with Crippen molar-refractivity contribution in [1.82, 2.24) is 14.8 Å². The molecule has 0 saturated carbocycles. The fourth-order valence-electron chi connectivity index (χ4n) is 3.76. The summed E-state index contributed by atoms with van der Waals surface area (Å²) in [5.74, 6) is -0.938. The molecule has 0 aliphatic carbocycles. The number of aromatic nitrogens is 1. The zero-order valence-electron chi connectivity index (χ0n) is 18.5. The third-order valence-corrected chi connectivity index (χ3v) is 5.56. The molecule has 168 valence electrons. The molecule has 1 amide bonds. The van der Waals surface area contributed by atoms with Gasteiger partial charge in [0.25, 0.3) is 11.7 Å². The van der Waals surface area contributed by atoms with Gasteiger partial charge in [-0.05, 0) is 49.5 Å². The Kier molecular flexibility index (Phi) is 7.78. The highest BCUT2D eigenvalue weighted by molar-refractivity contribution is 6.46. The molecule has 32 heavy (non-hydrogen) atoms. The van der Waals surface area contributed by atoms with Crippen LogP contribution < -0.4 is 4.74 Å². The van der Waals surface area contributed by atoms with Crippen LogP contribution in [-0.2, 0) is 9.59 Å². The fraction of sp³-hybridized carbons (Fsp3) is 0.320. The van der Waals surface area contributed by atoms with Gasteiger partial charge in [0.15, 0.2) is 0 Å². The van der Waals surface area contributed by atoms with E-state index < -0.39 is 17.7 Å². The van der Waals surface area contributed by atoms with Crippen LogP contribution in [-0.4, -0.2) is 64.4 Å². The fourth-order valence-corrected chi connectivity index (χ4v) is 3.76. The van der Waals surface area contributed by atoms with Crippen molar-refractivity contribution in [2.45, 2.75) is 19.9 Å². The number of hydrogen-bond donors (Lipinski definition) is 1. The quantitative estimate of drug-likeness (QED) is 0.267. The number of aliphatic hydroxyl groups excluding tert-OH is 1. The van der Waals surface area contributed by atoms with Crippen LogP contribution in [0.25, 0.3) is 5.76 Å². The molecule has 1 atom stereocenters. The minimum atomic E-state index is -0.747. The monoisotopic (exact) mass is 435 g/mol. The third kappa shape index (κ3) is 4.89. The van der Waals surface area contributed by atoms with Crippen LogP contribution in [0.4, 0.5) is 0 Å². The van der Waals surface area contributed by atoms with Gasteiger partial charge in [-0.1, -0.05) is 32.6 Å². The van der Waals surface area contributed by atoms with Crippen LogP contribution in [0.2, 0.25) is 0 Å². The Hall–Kier alpha value is -3.45. The summed E-state index contributed by atoms with van der Waals surface area (Å²) in [6.07, 6.45) is 3.26. The van der Waals surface area contributed by atoms with Crippen molar-refractivity contribution in [2.75, 3.05) is 32.8 Å². The molecule has 1 fully saturated rings. The first-order valence-corrected chi connectivity index (χ1v) is 10.8. The number of rotatable bonds is 10. The molecular formula is C25H29N3O4. The van der Waals surface area contributed by atoms with Gasteiger partial charge in [0.2, 0.25) is 0 Å². The van der Waals surface area contributed by atoms with Gasteiger partial charge in [-0.25, -0.2) is 0 Å². The van der Waals surface area contributed by atoms with E-state index in [0.29, 0.717) is 36.7 Å². The molecule has 1 N–H and O–H groups in total. The maximum Gasteiger partial charge on any atom is 0.295 e. The van der Waals surface area contributed by atoms with Crippen molar-refractivity contribution in [3.8, 4) is 5.75 Å². The number of amides is 1. The number of carbonyl (C=O) groups is 2. The number of pyridine rings is 1. The summed E-state index contributed by atoms with van der Waals surface area (Å²) < 4.78 is 5.48. The van der Waals surface area contributed by atoms with E-state index in [9.17, 15) is 14.7 Å². The van der Waals surface area contributed by atoms with Crippen LogP contribution >= 0.6 is 0 Å². The summed E-state index contributed by atoms with van der Waals surface area (Å²) in [4.78, 5) is 34.0. The average molecular weight is 436 g/mol. The summed E-state index contributed by atoms with van der Waals surface area (Å²) in [6, 6.07) is 11.3. The van der Waals surface area contributed by atoms with Gasteiger partial charge in [0, 0.05) is 24.8 Å². The van der Waals surface area contributed by atoms with Gasteiger partial charge in [-0.15, -0.1) is 0 Å². The van der Waals surface area contributed by atoms with Gasteiger partial charge < -0.3 is 19.6 Å². The Morgan fingerprint density at radius 1 is 1.19 bits per heavy atom. The number of hydrogen-bond acceptors (Lipinski definition) is 6. The molecule has 1 aromatic carbocycles. The molecule has 2 aromatic rings. The number of aliphatic hydroxyl groups is 1. The second-order valence-electron chi connectivity index (χ2n) is 7.40. The zero-order valence-corrected chi connectivity index (χ0v) is 18.5. The van der Waals surface area contributed by atoms with Crippen molar-refractivity contribution < 1.29 is 19.4 Å². The highest BCUT2D eigenvalue weighted by Gasteiger charge is 2.46. The molecule has 1 aromatic heterocycles. The van der Waals surface area contributed by atoms with Crippen LogP contribution in [0.1, 0.15) is 31.1 Å². The highest BCUT2D eigenvalue weighted by atomic mass is 16.5. The molecule has 0 radical (unpaired) electrons. The topological polar surface area (TPSA) is 83.0 Å². The molecule has 1 aliphatic heterocycles. The minimum absolute atomic E-state index is 0.0491. The summed E-state index contributed by atoms with van der Waals surface area (Å²) >= 11 is 0. The number of likely N-dealkylation sites (tertiary alicyclic amines) is 1. The maximum atomic E-state index is 13.0. The van der Waals surface area contributed by atoms with E-state index in [0.717, 1.165) is 13.1 Å². The summed E-state index contributed by atoms with van der Waals surface area (Å²) in [5, 5.41) is 11.1. The molecule has 0 spiro atoms. The third-order valence-electron chi connectivity index (χ3n) is 5.56. The van der Waals surface area contributed by atoms with Crippen molar-refractivity contribution in [3.05, 3.63) is 78.1 Å². The van der Waals surface area contributed by atoms with E-state index >= 15 is 0 Å². The van der Waals surface area contributed by atoms with E-state index in [1.807, 2.05) is 0 Å². The van der Waals surface area contributed by atoms with E-state index in [1.165, 1.54) is 4.90 Å². The van der Waals surface area contributed by atoms with Gasteiger partial charge in [0.1, 0.15) is 24.2 Å². The predicted octanol–water partition coefficient (Wildman–Crippen LogP) is 3.41. The lowest BCUT2D eigenvalue weighted by Gasteiger charge is -2.27. The van der Waals surface area contributed by atoms with Gasteiger partial charge in [0.05, 0.1) is 11.3 Å². The number of ether oxygens (including phenoxy) is 1. The zero-order chi connectivity index (χ0) is 23.1. The molecule has 7 nitrogen and oxygen atoms in total. The number of nitrogens with zero attached hydrogens (tertiary/aromatic N) is 3. The molecule has 3 rings (SSSR count). The summed E-state index contributed by atoms with van der Waals surface area (Å²) in [7, 11) is 0. The van der Waals surface area contributed by atoms with E-state index in [-0.39, 0.29) is 11.3 Å². The van der Waals surface area contributed by atoms with E-state index in [2.05, 4.69) is 30.3 Å². The number of carbonyl (C=O) groups excluding carboxylic acids is 2. The second kappa shape index (κ2) is 10.7. The Morgan fingerprint density at radius 2 is 1.91 bits per heavy atom. The normalized spacial score (nSPS) is 17.7. The first-order valence-electron chi connectivity index (χ1n) is 10.8. The standard InChI is InChI=1S/C25H29N3O4/c1-4-17-32-19-12-10-18(11-13-19)23(29)21-22(20-9-7-8-14-26-20)28(25(31)24(21)30)16-15-27(5-2)6-3/h4,7-14,22,29H,1,5-6,15-17H2,2-3H3/t22-/m1/s1. The Bertz CT molecular complexity index is 982. The largest absolute Gasteiger partial charge is 0.507 e. The van der Waals surface area contributed by atoms with Crippen LogP contribution in [0.15, 0.2) is 66.9 Å². The number of ketones is 1. The highest BCUT2D eigenvalue weighted by Crippen LogP contribution is 2.38. The molecule has 0 bridgehead atoms. The maximum absolute atomic E-state index is 13.0. The molecular weight excluding hydrogens is 406 g/mol. The van der Waals surface area contributed by atoms with Crippen molar-refractivity contribution in [1.29, 1.82) is 0 Å². The number of likely N-dealkylation sites (N-methyl/N-ethyl adjacent to an activating group) is 1. The Balaban J connectivity index is 2.00. The molecule has 1 saturated heterocycles. The molecule has 2 heterocycles. The summed E-state index contributed by atoms with van der Waals surface area (Å²) in [5.41, 5.74) is 1.02. The van der Waals surface area contributed by atoms with E-state index in [1.54, 1.807) is 54.7 Å². The van der Waals surface area contributed by atoms with Gasteiger partial charge in [-0.2, -0.15) is 0 Å². The molecule has 0 unspecified atom stereocenters. The van der Waals surface area contributed by atoms with Crippen molar-refractivity contribution in [2.24, 2.45) is 0 Å². The first-order chi connectivity index (χ1) is 15.5. The number of benzene rings is 1. The average Bonchev–Trinajstić information content (AvgIpc) is 3.08. The van der Waals surface area contributed by atoms with Crippen LogP contribution in [0.3, 0.4) is 0 Å². The Labute approximate surface area is 188 Å². The van der Waals surface area contributed by atoms with Crippen molar-refractivity contribution in [3.63, 3.8) is 0 Å². The first kappa shape index (κ1) is 23.2. The molecule has 1 aliphatic rings. The predicted molar refractivity (Wildman–Crippen MR) is 123 cm³/mol. The number of Topliss-reactive ketones (excluding diaryl/α,β-unsaturated/α-hetero) is 1. The van der Waals surface area contributed by atoms with E-state index in [4.69, 9.17) is 4.74 Å². The Morgan fingerprint density at radius 3 is 2.50 bits per heavy atom. The van der Waals surface area contributed by atoms with Crippen molar-refractivity contribution >= 4 is 17.4 Å². The summed E-state index contributed by atoms with van der Waals surface area (Å²) in [6.45, 7) is 10.8. The SMILES string of the molecule is C=CCOc1ccc(C(O)=C2C(=O)C(=O)N(CCN(CC)CC)[C@@H]2c2ccccn2)cc1. The second-order valence-corrected chi connectivity index (χ2v) is 7.40. The van der Waals surface area contributed by atoms with Gasteiger partial charge in [-0.3, -0.25) is 14.6 Å². The lowest BCUT2D eigenvalue weighted by molar-refractivity contribution is -0.140. The van der Waals surface area contributed by atoms with Crippen LogP contribution in [0.5, 0.6) is 5.75 Å². The minimum Gasteiger partial charge on any atom is -0.507 e. The van der Waals surface area contributed by atoms with Crippen LogP contribution in [0, 0.1) is 0 Å². The lowest BCUT2D eigenvalue weighted by Crippen LogP contribution is -2.38.